The number of thiophene rings is 1. The third-order valence-electron chi connectivity index (χ3n) is 3.45. The van der Waals surface area contributed by atoms with Crippen LogP contribution >= 0.6 is 11.3 Å². The highest BCUT2D eigenvalue weighted by Gasteiger charge is 2.29. The van der Waals surface area contributed by atoms with E-state index in [-0.39, 0.29) is 6.04 Å². The van der Waals surface area contributed by atoms with Gasteiger partial charge >= 0.3 is 0 Å². The summed E-state index contributed by atoms with van der Waals surface area (Å²) < 4.78 is 28.9. The van der Waals surface area contributed by atoms with Crippen molar-refractivity contribution in [2.75, 3.05) is 13.1 Å². The second-order valence-electron chi connectivity index (χ2n) is 5.05. The van der Waals surface area contributed by atoms with Crippen LogP contribution in [0.4, 0.5) is 0 Å². The molecule has 1 aliphatic rings. The molecule has 0 saturated carbocycles. The second kappa shape index (κ2) is 7.38. The first-order valence-corrected chi connectivity index (χ1v) is 9.32. The molecule has 1 aromatic heterocycles. The number of nitrogens with two attached hydrogens (primary N) is 1. The van der Waals surface area contributed by atoms with Crippen LogP contribution in [-0.2, 0) is 16.8 Å². The van der Waals surface area contributed by atoms with Crippen molar-refractivity contribution in [1.29, 1.82) is 0 Å². The highest BCUT2D eigenvalue weighted by atomic mass is 32.2. The van der Waals surface area contributed by atoms with Crippen molar-refractivity contribution in [3.8, 4) is 11.8 Å². The molecule has 1 fully saturated rings. The largest absolute Gasteiger partial charge is 0.320 e. The Kier molecular flexibility index (Phi) is 5.79. The van der Waals surface area contributed by atoms with E-state index in [0.29, 0.717) is 19.6 Å². The lowest BCUT2D eigenvalue weighted by Gasteiger charge is -2.32. The maximum Gasteiger partial charge on any atom is 0.280 e. The third-order valence-corrected chi connectivity index (χ3v) is 6.12. The molecule has 7 heteroatoms. The summed E-state index contributed by atoms with van der Waals surface area (Å²) in [5, 5.41) is 0. The minimum atomic E-state index is -3.40. The van der Waals surface area contributed by atoms with E-state index < -0.39 is 10.2 Å². The summed E-state index contributed by atoms with van der Waals surface area (Å²) in [5.41, 5.74) is 5.33. The zero-order chi connectivity index (χ0) is 15.3. The van der Waals surface area contributed by atoms with Gasteiger partial charge in [-0.15, -0.1) is 11.3 Å². The Bertz CT molecular complexity index is 628. The van der Waals surface area contributed by atoms with Gasteiger partial charge < -0.3 is 5.73 Å². The van der Waals surface area contributed by atoms with Gasteiger partial charge in [-0.05, 0) is 31.9 Å². The Morgan fingerprint density at radius 2 is 2.29 bits per heavy atom. The van der Waals surface area contributed by atoms with E-state index in [9.17, 15) is 8.42 Å². The molecule has 116 valence electrons. The van der Waals surface area contributed by atoms with Crippen LogP contribution < -0.4 is 10.5 Å². The standard InChI is InChI=1S/C14H21N3O2S2/c1-12-5-2-3-10-17(12)21(18,19)16-11-14-8-7-13(20-14)6-4-9-15/h7-8,12,16H,2-3,5,9-11,15H2,1H3. The number of hydrogen-bond acceptors (Lipinski definition) is 4. The van der Waals surface area contributed by atoms with Crippen molar-refractivity contribution >= 4 is 21.5 Å². The minimum absolute atomic E-state index is 0.0746. The molecule has 0 bridgehead atoms. The van der Waals surface area contributed by atoms with Crippen molar-refractivity contribution in [2.45, 2.75) is 38.8 Å². The monoisotopic (exact) mass is 327 g/mol. The normalized spacial score (nSPS) is 20.0. The van der Waals surface area contributed by atoms with Gasteiger partial charge in [-0.1, -0.05) is 18.3 Å². The van der Waals surface area contributed by atoms with E-state index in [1.54, 1.807) is 4.31 Å². The molecule has 0 radical (unpaired) electrons. The molecule has 1 unspecified atom stereocenters. The fourth-order valence-corrected chi connectivity index (χ4v) is 4.72. The van der Waals surface area contributed by atoms with Crippen LogP contribution in [0, 0.1) is 11.8 Å². The maximum absolute atomic E-state index is 12.3. The van der Waals surface area contributed by atoms with Gasteiger partial charge in [0, 0.05) is 24.0 Å². The van der Waals surface area contributed by atoms with Crippen LogP contribution in [0.5, 0.6) is 0 Å². The van der Waals surface area contributed by atoms with E-state index >= 15 is 0 Å². The predicted molar refractivity (Wildman–Crippen MR) is 86.0 cm³/mol. The molecule has 2 rings (SSSR count). The Morgan fingerprint density at radius 1 is 1.48 bits per heavy atom. The van der Waals surface area contributed by atoms with Crippen LogP contribution in [0.2, 0.25) is 0 Å². The molecule has 2 heterocycles. The van der Waals surface area contributed by atoms with Gasteiger partial charge in [0.05, 0.1) is 11.4 Å². The summed E-state index contributed by atoms with van der Waals surface area (Å²) in [6.45, 7) is 3.20. The van der Waals surface area contributed by atoms with E-state index in [4.69, 9.17) is 5.73 Å². The van der Waals surface area contributed by atoms with Gasteiger partial charge in [0.15, 0.2) is 0 Å². The Labute approximate surface area is 130 Å². The molecule has 3 N–H and O–H groups in total. The number of piperidine rings is 1. The van der Waals surface area contributed by atoms with Crippen LogP contribution in [0.3, 0.4) is 0 Å². The molecule has 0 aromatic carbocycles. The molecule has 1 aromatic rings. The summed E-state index contributed by atoms with van der Waals surface area (Å²) in [6.07, 6.45) is 2.96. The van der Waals surface area contributed by atoms with Crippen molar-refractivity contribution < 1.29 is 8.42 Å². The lowest BCUT2D eigenvalue weighted by Crippen LogP contribution is -2.47. The SMILES string of the molecule is CC1CCCCN1S(=O)(=O)NCc1ccc(C#CCN)s1. The quantitative estimate of drug-likeness (QED) is 0.818. The molecule has 5 nitrogen and oxygen atoms in total. The smallest absolute Gasteiger partial charge is 0.280 e. The van der Waals surface area contributed by atoms with Gasteiger partial charge in [0.2, 0.25) is 0 Å². The predicted octanol–water partition coefficient (Wildman–Crippen LogP) is 1.27. The first-order valence-electron chi connectivity index (χ1n) is 7.07. The molecule has 1 atom stereocenters. The van der Waals surface area contributed by atoms with Gasteiger partial charge in [0.25, 0.3) is 10.2 Å². The van der Waals surface area contributed by atoms with E-state index in [0.717, 1.165) is 29.0 Å². The van der Waals surface area contributed by atoms with Crippen LogP contribution in [-0.4, -0.2) is 31.9 Å². The third kappa shape index (κ3) is 4.53. The van der Waals surface area contributed by atoms with E-state index in [1.165, 1.54) is 11.3 Å². The molecule has 0 aliphatic carbocycles. The van der Waals surface area contributed by atoms with Crippen molar-refractivity contribution in [2.24, 2.45) is 5.73 Å². The topological polar surface area (TPSA) is 75.4 Å². The van der Waals surface area contributed by atoms with E-state index in [2.05, 4.69) is 16.6 Å². The number of nitrogens with zero attached hydrogens (tertiary/aromatic N) is 1. The summed E-state index contributed by atoms with van der Waals surface area (Å²) in [4.78, 5) is 1.85. The number of nitrogens with one attached hydrogen (secondary N) is 1. The average Bonchev–Trinajstić information content (AvgIpc) is 2.91. The number of rotatable bonds is 4. The molecule has 21 heavy (non-hydrogen) atoms. The zero-order valence-electron chi connectivity index (χ0n) is 12.1. The number of hydrogen-bond donors (Lipinski definition) is 2. The van der Waals surface area contributed by atoms with Crippen molar-refractivity contribution in [1.82, 2.24) is 9.03 Å². The van der Waals surface area contributed by atoms with Crippen LogP contribution in [0.15, 0.2) is 12.1 Å². The molecule has 0 spiro atoms. The van der Waals surface area contributed by atoms with Gasteiger partial charge in [-0.2, -0.15) is 17.4 Å². The summed E-state index contributed by atoms with van der Waals surface area (Å²) in [5.74, 6) is 5.74. The fraction of sp³-hybridized carbons (Fsp3) is 0.571. The van der Waals surface area contributed by atoms with Gasteiger partial charge in [-0.3, -0.25) is 0 Å². The lowest BCUT2D eigenvalue weighted by atomic mass is 10.1. The zero-order valence-corrected chi connectivity index (χ0v) is 13.8. The summed E-state index contributed by atoms with van der Waals surface area (Å²) in [7, 11) is -3.40. The highest BCUT2D eigenvalue weighted by molar-refractivity contribution is 7.87. The minimum Gasteiger partial charge on any atom is -0.320 e. The fourth-order valence-electron chi connectivity index (χ4n) is 2.35. The van der Waals surface area contributed by atoms with E-state index in [1.807, 2.05) is 19.1 Å². The summed E-state index contributed by atoms with van der Waals surface area (Å²) in [6, 6.07) is 3.86. The van der Waals surface area contributed by atoms with Crippen molar-refractivity contribution in [3.05, 3.63) is 21.9 Å². The second-order valence-corrected chi connectivity index (χ2v) is 7.93. The Balaban J connectivity index is 1.96. The maximum atomic E-state index is 12.3. The molecule has 1 saturated heterocycles. The lowest BCUT2D eigenvalue weighted by molar-refractivity contribution is 0.265. The van der Waals surface area contributed by atoms with Crippen LogP contribution in [0.25, 0.3) is 0 Å². The van der Waals surface area contributed by atoms with Crippen LogP contribution in [0.1, 0.15) is 35.9 Å². The van der Waals surface area contributed by atoms with Gasteiger partial charge in [0.1, 0.15) is 0 Å². The first-order chi connectivity index (χ1) is 10.0. The Hall–Kier alpha value is -0.910. The molecular formula is C14H21N3O2S2. The molecule has 0 amide bonds. The molecule has 1 aliphatic heterocycles. The highest BCUT2D eigenvalue weighted by Crippen LogP contribution is 2.20. The average molecular weight is 327 g/mol. The van der Waals surface area contributed by atoms with Gasteiger partial charge in [-0.25, -0.2) is 0 Å². The molecular weight excluding hydrogens is 306 g/mol. The Morgan fingerprint density at radius 3 is 3.00 bits per heavy atom. The first kappa shape index (κ1) is 16.5. The van der Waals surface area contributed by atoms with Crippen molar-refractivity contribution in [3.63, 3.8) is 0 Å². The summed E-state index contributed by atoms with van der Waals surface area (Å²) >= 11 is 1.49.